The van der Waals surface area contributed by atoms with Crippen molar-refractivity contribution in [2.45, 2.75) is 13.0 Å². The Labute approximate surface area is 77.4 Å². The summed E-state index contributed by atoms with van der Waals surface area (Å²) in [5.74, 6) is 0.767. The van der Waals surface area contributed by atoms with E-state index in [1.165, 1.54) is 6.07 Å². The van der Waals surface area contributed by atoms with Gasteiger partial charge in [-0.05, 0) is 19.1 Å². The van der Waals surface area contributed by atoms with Crippen molar-refractivity contribution >= 4 is 0 Å². The number of phenols is 1. The molecular formula is C10H11NO2. The fourth-order valence-electron chi connectivity index (χ4n) is 0.955. The Bertz CT molecular complexity index is 317. The molecular weight excluding hydrogens is 166 g/mol. The topological polar surface area (TPSA) is 33.8 Å². The van der Waals surface area contributed by atoms with E-state index < -0.39 is 0 Å². The van der Waals surface area contributed by atoms with Gasteiger partial charge in [0.15, 0.2) is 6.10 Å². The lowest BCUT2D eigenvalue weighted by Crippen LogP contribution is -2.14. The van der Waals surface area contributed by atoms with Gasteiger partial charge >= 0.3 is 0 Å². The van der Waals surface area contributed by atoms with Gasteiger partial charge in [-0.1, -0.05) is 6.07 Å². The number of nitrogens with zero attached hydrogens (tertiary/aromatic N) is 1. The molecule has 0 amide bonds. The Kier molecular flexibility index (Phi) is 3.15. The summed E-state index contributed by atoms with van der Waals surface area (Å²) in [6, 6.07) is 6.56. The van der Waals surface area contributed by atoms with Crippen LogP contribution in [0.15, 0.2) is 24.3 Å². The first-order valence-electron chi connectivity index (χ1n) is 4.01. The van der Waals surface area contributed by atoms with Crippen molar-refractivity contribution in [3.8, 4) is 11.5 Å². The number of aromatic hydroxyl groups is 1. The largest absolute Gasteiger partial charge is 0.508 e. The van der Waals surface area contributed by atoms with Crippen LogP contribution in [0.1, 0.15) is 6.92 Å². The van der Waals surface area contributed by atoms with Crippen molar-refractivity contribution in [3.63, 3.8) is 0 Å². The van der Waals surface area contributed by atoms with Crippen molar-refractivity contribution in [1.82, 2.24) is 0 Å². The summed E-state index contributed by atoms with van der Waals surface area (Å²) in [6.45, 7) is 8.79. The molecule has 0 spiro atoms. The highest BCUT2D eigenvalue weighted by molar-refractivity contribution is 5.31. The lowest BCUT2D eigenvalue weighted by Gasteiger charge is -2.08. The van der Waals surface area contributed by atoms with Crippen molar-refractivity contribution in [3.05, 3.63) is 35.7 Å². The van der Waals surface area contributed by atoms with Crippen LogP contribution in [0.4, 0.5) is 0 Å². The highest BCUT2D eigenvalue weighted by atomic mass is 16.5. The van der Waals surface area contributed by atoms with Crippen LogP contribution in [0.2, 0.25) is 0 Å². The summed E-state index contributed by atoms with van der Waals surface area (Å²) in [5, 5.41) is 9.12. The normalized spacial score (nSPS) is 11.7. The maximum Gasteiger partial charge on any atom is 0.250 e. The average Bonchev–Trinajstić information content (AvgIpc) is 2.04. The van der Waals surface area contributed by atoms with Crippen LogP contribution in [-0.2, 0) is 0 Å². The van der Waals surface area contributed by atoms with Gasteiger partial charge in [-0.3, -0.25) is 0 Å². The quantitative estimate of drug-likeness (QED) is 0.717. The molecule has 0 saturated heterocycles. The molecule has 0 aliphatic carbocycles. The standard InChI is InChI=1S/C10H11NO2/c1-8(7-11-2)13-10-5-3-4-9(12)6-10/h3-6,8,12H,7H2,1H3. The van der Waals surface area contributed by atoms with E-state index in [9.17, 15) is 0 Å². The molecule has 0 bridgehead atoms. The smallest absolute Gasteiger partial charge is 0.250 e. The second-order valence-electron chi connectivity index (χ2n) is 2.77. The maximum absolute atomic E-state index is 9.12. The van der Waals surface area contributed by atoms with E-state index in [-0.39, 0.29) is 11.9 Å². The number of hydrogen-bond donors (Lipinski definition) is 1. The van der Waals surface area contributed by atoms with Gasteiger partial charge in [-0.15, -0.1) is 0 Å². The fraction of sp³-hybridized carbons (Fsp3) is 0.300. The van der Waals surface area contributed by atoms with Crippen LogP contribution in [-0.4, -0.2) is 17.8 Å². The Morgan fingerprint density at radius 2 is 2.38 bits per heavy atom. The van der Waals surface area contributed by atoms with E-state index in [2.05, 4.69) is 4.85 Å². The third-order valence-electron chi connectivity index (χ3n) is 1.50. The predicted octanol–water partition coefficient (Wildman–Crippen LogP) is 2.08. The van der Waals surface area contributed by atoms with E-state index in [1.807, 2.05) is 6.92 Å². The molecule has 1 rings (SSSR count). The lowest BCUT2D eigenvalue weighted by molar-refractivity contribution is 0.237. The second kappa shape index (κ2) is 4.36. The van der Waals surface area contributed by atoms with E-state index in [0.29, 0.717) is 12.3 Å². The Morgan fingerprint density at radius 1 is 1.62 bits per heavy atom. The molecule has 0 saturated carbocycles. The molecule has 0 fully saturated rings. The van der Waals surface area contributed by atoms with Gasteiger partial charge in [-0.2, -0.15) is 0 Å². The zero-order valence-electron chi connectivity index (χ0n) is 7.40. The first-order valence-corrected chi connectivity index (χ1v) is 4.01. The lowest BCUT2D eigenvalue weighted by atomic mass is 10.3. The van der Waals surface area contributed by atoms with Gasteiger partial charge in [0.2, 0.25) is 0 Å². The molecule has 3 nitrogen and oxygen atoms in total. The molecule has 1 aromatic carbocycles. The van der Waals surface area contributed by atoms with Crippen LogP contribution in [0, 0.1) is 6.57 Å². The summed E-state index contributed by atoms with van der Waals surface area (Å²) in [6.07, 6.45) is -0.140. The van der Waals surface area contributed by atoms with Crippen molar-refractivity contribution in [2.75, 3.05) is 6.54 Å². The zero-order valence-corrected chi connectivity index (χ0v) is 7.40. The summed E-state index contributed by atoms with van der Waals surface area (Å²) in [7, 11) is 0. The minimum absolute atomic E-state index is 0.140. The third kappa shape index (κ3) is 3.04. The first kappa shape index (κ1) is 9.40. The Balaban J connectivity index is 2.59. The number of rotatable bonds is 3. The minimum Gasteiger partial charge on any atom is -0.508 e. The van der Waals surface area contributed by atoms with Crippen LogP contribution < -0.4 is 4.74 Å². The molecule has 1 N–H and O–H groups in total. The van der Waals surface area contributed by atoms with Crippen LogP contribution in [0.5, 0.6) is 11.5 Å². The van der Waals surface area contributed by atoms with Gasteiger partial charge in [0.1, 0.15) is 11.5 Å². The third-order valence-corrected chi connectivity index (χ3v) is 1.50. The van der Waals surface area contributed by atoms with Crippen molar-refractivity contribution in [1.29, 1.82) is 0 Å². The van der Waals surface area contributed by atoms with Crippen LogP contribution in [0.25, 0.3) is 4.85 Å². The second-order valence-corrected chi connectivity index (χ2v) is 2.77. The summed E-state index contributed by atoms with van der Waals surface area (Å²) in [4.78, 5) is 3.22. The monoisotopic (exact) mass is 177 g/mol. The molecule has 13 heavy (non-hydrogen) atoms. The molecule has 0 aromatic heterocycles. The molecule has 68 valence electrons. The zero-order chi connectivity index (χ0) is 9.68. The Hall–Kier alpha value is -1.69. The van der Waals surface area contributed by atoms with E-state index in [4.69, 9.17) is 16.4 Å². The van der Waals surface area contributed by atoms with E-state index in [0.717, 1.165) is 0 Å². The fourth-order valence-corrected chi connectivity index (χ4v) is 0.955. The highest BCUT2D eigenvalue weighted by Crippen LogP contribution is 2.18. The van der Waals surface area contributed by atoms with Crippen LogP contribution >= 0.6 is 0 Å². The van der Waals surface area contributed by atoms with Gasteiger partial charge in [0, 0.05) is 6.07 Å². The number of hydrogen-bond acceptors (Lipinski definition) is 2. The van der Waals surface area contributed by atoms with Gasteiger partial charge in [0.25, 0.3) is 6.54 Å². The van der Waals surface area contributed by atoms with Gasteiger partial charge < -0.3 is 14.7 Å². The highest BCUT2D eigenvalue weighted by Gasteiger charge is 2.05. The van der Waals surface area contributed by atoms with E-state index in [1.54, 1.807) is 18.2 Å². The summed E-state index contributed by atoms with van der Waals surface area (Å²) >= 11 is 0. The molecule has 0 aliphatic rings. The molecule has 3 heteroatoms. The van der Waals surface area contributed by atoms with Crippen molar-refractivity contribution < 1.29 is 9.84 Å². The van der Waals surface area contributed by atoms with Crippen LogP contribution in [0.3, 0.4) is 0 Å². The SMILES string of the molecule is [C-]#[N+]CC(C)Oc1cccc(O)c1. The molecule has 1 aromatic rings. The minimum atomic E-state index is -0.140. The Morgan fingerprint density at radius 3 is 3.00 bits per heavy atom. The molecule has 1 atom stereocenters. The molecule has 0 aliphatic heterocycles. The van der Waals surface area contributed by atoms with E-state index >= 15 is 0 Å². The molecule has 1 unspecified atom stereocenters. The first-order chi connectivity index (χ1) is 6.22. The summed E-state index contributed by atoms with van der Waals surface area (Å²) < 4.78 is 5.36. The number of phenolic OH excluding ortho intramolecular Hbond substituents is 1. The summed E-state index contributed by atoms with van der Waals surface area (Å²) in [5.41, 5.74) is 0. The van der Waals surface area contributed by atoms with Gasteiger partial charge in [-0.25, -0.2) is 6.57 Å². The molecule has 0 heterocycles. The number of ether oxygens (including phenoxy) is 1. The predicted molar refractivity (Wildman–Crippen MR) is 49.7 cm³/mol. The number of benzene rings is 1. The molecule has 0 radical (unpaired) electrons. The van der Waals surface area contributed by atoms with Gasteiger partial charge in [0.05, 0.1) is 0 Å². The average molecular weight is 177 g/mol. The maximum atomic E-state index is 9.12. The van der Waals surface area contributed by atoms with Crippen molar-refractivity contribution in [2.24, 2.45) is 0 Å².